The lowest BCUT2D eigenvalue weighted by atomic mass is 9.97. The summed E-state index contributed by atoms with van der Waals surface area (Å²) in [6.07, 6.45) is 5.12. The van der Waals surface area contributed by atoms with Crippen LogP contribution >= 0.6 is 0 Å². The lowest BCUT2D eigenvalue weighted by Gasteiger charge is -2.26. The zero-order valence-corrected chi connectivity index (χ0v) is 12.1. The van der Waals surface area contributed by atoms with Gasteiger partial charge in [-0.15, -0.1) is 0 Å². The maximum Gasteiger partial charge on any atom is 0.387 e. The number of hydrogen-bond acceptors (Lipinski definition) is 2. The Kier molecular flexibility index (Phi) is 5.35. The maximum absolute atomic E-state index is 12.4. The molecular formula is C16H23F2NO. The fraction of sp³-hybridized carbons (Fsp3) is 0.625. The summed E-state index contributed by atoms with van der Waals surface area (Å²) in [7, 11) is 0. The summed E-state index contributed by atoms with van der Waals surface area (Å²) in [4.78, 5) is 0. The molecule has 2 rings (SSSR count). The molecule has 1 N–H and O–H groups in total. The number of alkyl halides is 2. The molecule has 112 valence electrons. The van der Waals surface area contributed by atoms with Crippen molar-refractivity contribution in [3.05, 3.63) is 29.8 Å². The van der Waals surface area contributed by atoms with Crippen LogP contribution in [0.5, 0.6) is 5.75 Å². The molecule has 1 aromatic carbocycles. The molecule has 0 amide bonds. The third kappa shape index (κ3) is 3.92. The Morgan fingerprint density at radius 2 is 1.80 bits per heavy atom. The van der Waals surface area contributed by atoms with Crippen molar-refractivity contribution in [3.63, 3.8) is 0 Å². The summed E-state index contributed by atoms with van der Waals surface area (Å²) < 4.78 is 29.5. The molecule has 1 saturated carbocycles. The first-order valence-corrected chi connectivity index (χ1v) is 7.37. The number of para-hydroxylation sites is 1. The molecule has 0 heterocycles. The lowest BCUT2D eigenvalue weighted by molar-refractivity contribution is -0.0507. The molecule has 4 heteroatoms. The SMILES string of the molecule is CC(N[C@H](C)C1CCCC1)c1ccccc1OC(F)F. The zero-order chi connectivity index (χ0) is 14.5. The molecular weight excluding hydrogens is 260 g/mol. The van der Waals surface area contributed by atoms with E-state index in [1.54, 1.807) is 12.1 Å². The van der Waals surface area contributed by atoms with Crippen molar-refractivity contribution < 1.29 is 13.5 Å². The van der Waals surface area contributed by atoms with Gasteiger partial charge in [-0.3, -0.25) is 0 Å². The van der Waals surface area contributed by atoms with Gasteiger partial charge in [0.1, 0.15) is 5.75 Å². The lowest BCUT2D eigenvalue weighted by Crippen LogP contribution is -2.34. The summed E-state index contributed by atoms with van der Waals surface area (Å²) in [6.45, 7) is 1.40. The van der Waals surface area contributed by atoms with E-state index in [9.17, 15) is 8.78 Å². The average Bonchev–Trinajstić information content (AvgIpc) is 2.92. The van der Waals surface area contributed by atoms with Crippen LogP contribution in [-0.2, 0) is 0 Å². The number of rotatable bonds is 6. The minimum atomic E-state index is -2.78. The van der Waals surface area contributed by atoms with Gasteiger partial charge < -0.3 is 10.1 Å². The fourth-order valence-electron chi connectivity index (χ4n) is 3.12. The van der Waals surface area contributed by atoms with Crippen molar-refractivity contribution in [2.75, 3.05) is 0 Å². The third-order valence-electron chi connectivity index (χ3n) is 4.22. The topological polar surface area (TPSA) is 21.3 Å². The molecule has 1 aromatic rings. The quantitative estimate of drug-likeness (QED) is 0.829. The molecule has 2 nitrogen and oxygen atoms in total. The van der Waals surface area contributed by atoms with Crippen molar-refractivity contribution in [1.82, 2.24) is 5.32 Å². The van der Waals surface area contributed by atoms with Crippen LogP contribution in [0.1, 0.15) is 51.1 Å². The van der Waals surface area contributed by atoms with Gasteiger partial charge in [-0.2, -0.15) is 8.78 Å². The zero-order valence-electron chi connectivity index (χ0n) is 12.1. The van der Waals surface area contributed by atoms with Crippen LogP contribution in [0.2, 0.25) is 0 Å². The minimum Gasteiger partial charge on any atom is -0.434 e. The third-order valence-corrected chi connectivity index (χ3v) is 4.22. The number of halogens is 2. The van der Waals surface area contributed by atoms with Crippen LogP contribution in [0.25, 0.3) is 0 Å². The van der Waals surface area contributed by atoms with Crippen LogP contribution in [0.15, 0.2) is 24.3 Å². The fourth-order valence-corrected chi connectivity index (χ4v) is 3.12. The molecule has 2 atom stereocenters. The summed E-state index contributed by atoms with van der Waals surface area (Å²) in [6, 6.07) is 7.41. The van der Waals surface area contributed by atoms with Gasteiger partial charge in [0.2, 0.25) is 0 Å². The van der Waals surface area contributed by atoms with E-state index in [-0.39, 0.29) is 11.8 Å². The Hall–Kier alpha value is -1.16. The molecule has 0 radical (unpaired) electrons. The minimum absolute atomic E-state index is 0.000509. The Morgan fingerprint density at radius 3 is 2.45 bits per heavy atom. The standard InChI is InChI=1S/C16H23F2NO/c1-11(13-7-3-4-8-13)19-12(2)14-9-5-6-10-15(14)20-16(17)18/h5-6,9-13,16,19H,3-4,7-8H2,1-2H3/t11-,12?/m1/s1. The highest BCUT2D eigenvalue weighted by Crippen LogP contribution is 2.31. The second-order valence-corrected chi connectivity index (χ2v) is 5.64. The molecule has 20 heavy (non-hydrogen) atoms. The number of hydrogen-bond donors (Lipinski definition) is 1. The first kappa shape index (κ1) is 15.2. The van der Waals surface area contributed by atoms with E-state index in [0.29, 0.717) is 12.0 Å². The predicted molar refractivity (Wildman–Crippen MR) is 76.0 cm³/mol. The van der Waals surface area contributed by atoms with Crippen LogP contribution in [-0.4, -0.2) is 12.7 Å². The maximum atomic E-state index is 12.4. The van der Waals surface area contributed by atoms with Crippen LogP contribution in [0.4, 0.5) is 8.78 Å². The van der Waals surface area contributed by atoms with Crippen molar-refractivity contribution >= 4 is 0 Å². The summed E-state index contributed by atoms with van der Waals surface area (Å²) in [5.41, 5.74) is 0.789. The van der Waals surface area contributed by atoms with Gasteiger partial charge in [-0.1, -0.05) is 31.0 Å². The number of benzene rings is 1. The number of ether oxygens (including phenoxy) is 1. The van der Waals surface area contributed by atoms with Crippen molar-refractivity contribution in [3.8, 4) is 5.75 Å². The van der Waals surface area contributed by atoms with Gasteiger partial charge in [0.15, 0.2) is 0 Å². The Bertz CT molecular complexity index is 419. The Balaban J connectivity index is 2.02. The Morgan fingerprint density at radius 1 is 1.15 bits per heavy atom. The molecule has 0 bridgehead atoms. The van der Waals surface area contributed by atoms with E-state index in [0.717, 1.165) is 5.56 Å². The van der Waals surface area contributed by atoms with Gasteiger partial charge >= 0.3 is 6.61 Å². The van der Waals surface area contributed by atoms with Gasteiger partial charge in [0.25, 0.3) is 0 Å². The average molecular weight is 283 g/mol. The normalized spacial score (nSPS) is 19.2. The molecule has 1 aliphatic carbocycles. The molecule has 0 spiro atoms. The molecule has 0 aromatic heterocycles. The van der Waals surface area contributed by atoms with E-state index >= 15 is 0 Å². The van der Waals surface area contributed by atoms with Crippen LogP contribution in [0, 0.1) is 5.92 Å². The van der Waals surface area contributed by atoms with E-state index < -0.39 is 6.61 Å². The van der Waals surface area contributed by atoms with E-state index in [1.165, 1.54) is 25.7 Å². The summed E-state index contributed by atoms with van der Waals surface area (Å²) in [5, 5.41) is 3.53. The predicted octanol–water partition coefficient (Wildman–Crippen LogP) is 4.52. The summed E-state index contributed by atoms with van der Waals surface area (Å²) >= 11 is 0. The smallest absolute Gasteiger partial charge is 0.387 e. The first-order chi connectivity index (χ1) is 9.58. The highest BCUT2D eigenvalue weighted by Gasteiger charge is 2.24. The van der Waals surface area contributed by atoms with Crippen LogP contribution < -0.4 is 10.1 Å². The second-order valence-electron chi connectivity index (χ2n) is 5.64. The molecule has 0 aliphatic heterocycles. The van der Waals surface area contributed by atoms with E-state index in [4.69, 9.17) is 0 Å². The second kappa shape index (κ2) is 7.02. The van der Waals surface area contributed by atoms with Crippen LogP contribution in [0.3, 0.4) is 0 Å². The van der Waals surface area contributed by atoms with Gasteiger partial charge in [0.05, 0.1) is 0 Å². The molecule has 1 fully saturated rings. The number of nitrogens with one attached hydrogen (secondary N) is 1. The summed E-state index contributed by atoms with van der Waals surface area (Å²) in [5.74, 6) is 0.960. The van der Waals surface area contributed by atoms with Crippen molar-refractivity contribution in [1.29, 1.82) is 0 Å². The monoisotopic (exact) mass is 283 g/mol. The highest BCUT2D eigenvalue weighted by molar-refractivity contribution is 5.35. The molecule has 0 saturated heterocycles. The van der Waals surface area contributed by atoms with Gasteiger partial charge in [-0.05, 0) is 38.7 Å². The largest absolute Gasteiger partial charge is 0.434 e. The highest BCUT2D eigenvalue weighted by atomic mass is 19.3. The Labute approximate surface area is 119 Å². The van der Waals surface area contributed by atoms with Crippen molar-refractivity contribution in [2.45, 2.75) is 58.2 Å². The van der Waals surface area contributed by atoms with E-state index in [2.05, 4.69) is 17.0 Å². The first-order valence-electron chi connectivity index (χ1n) is 7.37. The van der Waals surface area contributed by atoms with E-state index in [1.807, 2.05) is 19.1 Å². The molecule has 1 unspecified atom stereocenters. The van der Waals surface area contributed by atoms with Crippen molar-refractivity contribution in [2.24, 2.45) is 5.92 Å². The van der Waals surface area contributed by atoms with Gasteiger partial charge in [0, 0.05) is 17.6 Å². The van der Waals surface area contributed by atoms with Gasteiger partial charge in [-0.25, -0.2) is 0 Å². The molecule has 1 aliphatic rings.